The number of nitrogens with zero attached hydrogens (tertiary/aromatic N) is 3. The second-order valence-corrected chi connectivity index (χ2v) is 5.34. The maximum atomic E-state index is 12.0. The van der Waals surface area contributed by atoms with Crippen LogP contribution in [0.3, 0.4) is 0 Å². The number of rotatable bonds is 4. The molecule has 0 aromatic carbocycles. The van der Waals surface area contributed by atoms with E-state index in [-0.39, 0.29) is 18.0 Å². The van der Waals surface area contributed by atoms with Gasteiger partial charge in [0.15, 0.2) is 0 Å². The highest BCUT2D eigenvalue weighted by molar-refractivity contribution is 5.78. The van der Waals surface area contributed by atoms with Crippen LogP contribution in [-0.2, 0) is 9.53 Å². The number of nitrogens with one attached hydrogen (secondary N) is 1. The summed E-state index contributed by atoms with van der Waals surface area (Å²) in [5, 5.41) is 17.0. The van der Waals surface area contributed by atoms with Crippen LogP contribution in [0.4, 0.5) is 0 Å². The van der Waals surface area contributed by atoms with Gasteiger partial charge in [-0.2, -0.15) is 5.10 Å². The van der Waals surface area contributed by atoms with Crippen LogP contribution in [0.2, 0.25) is 0 Å². The number of amides is 1. The Morgan fingerprint density at radius 2 is 2.25 bits per heavy atom. The number of aromatic nitrogens is 2. The lowest BCUT2D eigenvalue weighted by Crippen LogP contribution is -2.57. The zero-order chi connectivity index (χ0) is 13.9. The van der Waals surface area contributed by atoms with Crippen molar-refractivity contribution in [1.82, 2.24) is 20.0 Å². The first kappa shape index (κ1) is 13.5. The van der Waals surface area contributed by atoms with Gasteiger partial charge in [-0.1, -0.05) is 0 Å². The van der Waals surface area contributed by atoms with Crippen LogP contribution in [0, 0.1) is 0 Å². The minimum atomic E-state index is -0.441. The molecule has 1 aliphatic carbocycles. The fourth-order valence-electron chi connectivity index (χ4n) is 2.79. The van der Waals surface area contributed by atoms with E-state index in [1.807, 2.05) is 12.3 Å². The van der Waals surface area contributed by atoms with E-state index in [1.54, 1.807) is 10.9 Å². The molecule has 1 amide bonds. The molecule has 0 spiro atoms. The lowest BCUT2D eigenvalue weighted by atomic mass is 9.83. The van der Waals surface area contributed by atoms with Crippen LogP contribution in [0.25, 0.3) is 0 Å². The topological polar surface area (TPSA) is 79.6 Å². The molecule has 2 heterocycles. The predicted octanol–water partition coefficient (Wildman–Crippen LogP) is -0.994. The fourth-order valence-corrected chi connectivity index (χ4v) is 2.79. The third-order valence-electron chi connectivity index (χ3n) is 3.95. The SMILES string of the molecule is O=C(CN1CCOCC1)N[C@H]1C[C@@H](O)[C@@H]1n1cccn1. The van der Waals surface area contributed by atoms with Crippen LogP contribution in [0.5, 0.6) is 0 Å². The van der Waals surface area contributed by atoms with Crippen LogP contribution < -0.4 is 5.32 Å². The molecule has 3 rings (SSSR count). The zero-order valence-electron chi connectivity index (χ0n) is 11.3. The van der Waals surface area contributed by atoms with E-state index in [2.05, 4.69) is 15.3 Å². The average Bonchev–Trinajstić information content (AvgIpc) is 2.92. The van der Waals surface area contributed by atoms with Crippen molar-refractivity contribution in [3.05, 3.63) is 18.5 Å². The molecule has 110 valence electrons. The van der Waals surface area contributed by atoms with Gasteiger partial charge in [0, 0.05) is 25.5 Å². The number of carbonyl (C=O) groups excluding carboxylic acids is 1. The first-order valence-electron chi connectivity index (χ1n) is 7.01. The van der Waals surface area contributed by atoms with Crippen molar-refractivity contribution in [3.63, 3.8) is 0 Å². The number of hydrogen-bond donors (Lipinski definition) is 2. The van der Waals surface area contributed by atoms with Crippen molar-refractivity contribution < 1.29 is 14.6 Å². The third kappa shape index (κ3) is 2.84. The maximum Gasteiger partial charge on any atom is 0.234 e. The number of carbonyl (C=O) groups is 1. The van der Waals surface area contributed by atoms with E-state index < -0.39 is 6.10 Å². The van der Waals surface area contributed by atoms with Gasteiger partial charge in [-0.25, -0.2) is 0 Å². The van der Waals surface area contributed by atoms with Gasteiger partial charge in [-0.05, 0) is 12.5 Å². The summed E-state index contributed by atoms with van der Waals surface area (Å²) in [6, 6.07) is 1.62. The lowest BCUT2D eigenvalue weighted by molar-refractivity contribution is -0.126. The monoisotopic (exact) mass is 280 g/mol. The molecule has 1 aromatic rings. The van der Waals surface area contributed by atoms with Gasteiger partial charge in [0.2, 0.25) is 5.91 Å². The fraction of sp³-hybridized carbons (Fsp3) is 0.692. The molecule has 0 unspecified atom stereocenters. The van der Waals surface area contributed by atoms with Gasteiger partial charge in [0.1, 0.15) is 0 Å². The molecule has 2 fully saturated rings. The van der Waals surface area contributed by atoms with Gasteiger partial charge in [0.05, 0.1) is 37.9 Å². The number of hydrogen-bond acceptors (Lipinski definition) is 5. The van der Waals surface area contributed by atoms with Crippen LogP contribution in [-0.4, -0.2) is 70.7 Å². The Balaban J connectivity index is 1.51. The summed E-state index contributed by atoms with van der Waals surface area (Å²) < 4.78 is 6.97. The van der Waals surface area contributed by atoms with Crippen molar-refractivity contribution in [2.45, 2.75) is 24.6 Å². The molecule has 1 aromatic heterocycles. The Labute approximate surface area is 117 Å². The minimum Gasteiger partial charge on any atom is -0.391 e. The zero-order valence-corrected chi connectivity index (χ0v) is 11.3. The van der Waals surface area contributed by atoms with E-state index in [1.165, 1.54) is 0 Å². The van der Waals surface area contributed by atoms with Gasteiger partial charge in [0.25, 0.3) is 0 Å². The summed E-state index contributed by atoms with van der Waals surface area (Å²) in [5.74, 6) is 0.000885. The van der Waals surface area contributed by atoms with Crippen molar-refractivity contribution in [1.29, 1.82) is 0 Å². The minimum absolute atomic E-state index is 0.000885. The summed E-state index contributed by atoms with van der Waals surface area (Å²) in [4.78, 5) is 14.1. The Bertz CT molecular complexity index is 444. The van der Waals surface area contributed by atoms with Crippen molar-refractivity contribution in [2.24, 2.45) is 0 Å². The second kappa shape index (κ2) is 5.90. The van der Waals surface area contributed by atoms with E-state index in [0.29, 0.717) is 26.2 Å². The molecular weight excluding hydrogens is 260 g/mol. The standard InChI is InChI=1S/C13H20N4O3/c18-11-8-10(13(11)17-3-1-2-14-17)15-12(19)9-16-4-6-20-7-5-16/h1-3,10-11,13,18H,4-9H2,(H,15,19)/t10-,11+,13+/m0/s1. The summed E-state index contributed by atoms with van der Waals surface area (Å²) >= 11 is 0. The highest BCUT2D eigenvalue weighted by Crippen LogP contribution is 2.32. The molecule has 7 nitrogen and oxygen atoms in total. The maximum absolute atomic E-state index is 12.0. The first-order chi connectivity index (χ1) is 9.74. The van der Waals surface area contributed by atoms with Crippen LogP contribution in [0.1, 0.15) is 12.5 Å². The van der Waals surface area contributed by atoms with Gasteiger partial charge in [-0.15, -0.1) is 0 Å². The Kier molecular flexibility index (Phi) is 4.00. The third-order valence-corrected chi connectivity index (χ3v) is 3.95. The number of morpholine rings is 1. The average molecular weight is 280 g/mol. The molecule has 1 saturated carbocycles. The van der Waals surface area contributed by atoms with Gasteiger partial charge >= 0.3 is 0 Å². The van der Waals surface area contributed by atoms with Crippen molar-refractivity contribution in [3.8, 4) is 0 Å². The molecule has 20 heavy (non-hydrogen) atoms. The van der Waals surface area contributed by atoms with Crippen molar-refractivity contribution in [2.75, 3.05) is 32.8 Å². The molecule has 0 bridgehead atoms. The van der Waals surface area contributed by atoms with Crippen LogP contribution in [0.15, 0.2) is 18.5 Å². The van der Waals surface area contributed by atoms with E-state index in [4.69, 9.17) is 4.74 Å². The number of aliphatic hydroxyl groups is 1. The van der Waals surface area contributed by atoms with Gasteiger partial charge < -0.3 is 15.2 Å². The number of ether oxygens (including phenoxy) is 1. The molecule has 1 aliphatic heterocycles. The second-order valence-electron chi connectivity index (χ2n) is 5.34. The predicted molar refractivity (Wildman–Crippen MR) is 71.1 cm³/mol. The summed E-state index contributed by atoms with van der Waals surface area (Å²) in [5.41, 5.74) is 0. The van der Waals surface area contributed by atoms with Crippen LogP contribution >= 0.6 is 0 Å². The van der Waals surface area contributed by atoms with E-state index in [9.17, 15) is 9.90 Å². The Morgan fingerprint density at radius 3 is 2.90 bits per heavy atom. The molecule has 3 atom stereocenters. The summed E-state index contributed by atoms with van der Waals surface area (Å²) in [7, 11) is 0. The summed E-state index contributed by atoms with van der Waals surface area (Å²) in [6.07, 6.45) is 3.63. The largest absolute Gasteiger partial charge is 0.391 e. The molecule has 0 radical (unpaired) electrons. The Morgan fingerprint density at radius 1 is 1.45 bits per heavy atom. The Hall–Kier alpha value is -1.44. The normalized spacial score (nSPS) is 30.8. The molecular formula is C13H20N4O3. The quantitative estimate of drug-likeness (QED) is 0.740. The van der Waals surface area contributed by atoms with Crippen molar-refractivity contribution >= 4 is 5.91 Å². The molecule has 7 heteroatoms. The van der Waals surface area contributed by atoms with Gasteiger partial charge in [-0.3, -0.25) is 14.4 Å². The summed E-state index contributed by atoms with van der Waals surface area (Å²) in [6.45, 7) is 3.35. The molecule has 2 N–H and O–H groups in total. The van der Waals surface area contributed by atoms with E-state index in [0.717, 1.165) is 13.1 Å². The van der Waals surface area contributed by atoms with E-state index >= 15 is 0 Å². The molecule has 1 saturated heterocycles. The highest BCUT2D eigenvalue weighted by atomic mass is 16.5. The molecule has 2 aliphatic rings. The smallest absolute Gasteiger partial charge is 0.234 e. The first-order valence-corrected chi connectivity index (χ1v) is 7.01. The lowest BCUT2D eigenvalue weighted by Gasteiger charge is -2.42. The highest BCUT2D eigenvalue weighted by Gasteiger charge is 2.42. The number of aliphatic hydroxyl groups excluding tert-OH is 1.